The average Bonchev–Trinajstić information content (AvgIpc) is 3.33. The quantitative estimate of drug-likeness (QED) is 0.423. The zero-order valence-corrected chi connectivity index (χ0v) is 20.1. The van der Waals surface area contributed by atoms with E-state index in [1.54, 1.807) is 36.4 Å². The van der Waals surface area contributed by atoms with Crippen molar-refractivity contribution in [1.82, 2.24) is 9.13 Å². The first-order chi connectivity index (χ1) is 17.4. The van der Waals surface area contributed by atoms with Gasteiger partial charge in [0.25, 0.3) is 5.56 Å². The highest BCUT2D eigenvalue weighted by molar-refractivity contribution is 6.34. The van der Waals surface area contributed by atoms with Crippen molar-refractivity contribution in [3.05, 3.63) is 116 Å². The fourth-order valence-electron chi connectivity index (χ4n) is 4.53. The minimum Gasteiger partial charge on any atom is -0.495 e. The molecule has 2 N–H and O–H groups in total. The zero-order chi connectivity index (χ0) is 25.4. The predicted octanol–water partition coefficient (Wildman–Crippen LogP) is 4.16. The zero-order valence-electron chi connectivity index (χ0n) is 19.4. The minimum absolute atomic E-state index is 0.0259. The molecule has 36 heavy (non-hydrogen) atoms. The first-order valence-corrected chi connectivity index (χ1v) is 11.7. The number of rotatable bonds is 6. The average molecular weight is 508 g/mol. The Bertz CT molecular complexity index is 1550. The van der Waals surface area contributed by atoms with Crippen LogP contribution in [0, 0.1) is 5.82 Å². The van der Waals surface area contributed by atoms with E-state index in [-0.39, 0.29) is 35.2 Å². The van der Waals surface area contributed by atoms with Crippen LogP contribution in [0.4, 0.5) is 4.39 Å². The summed E-state index contributed by atoms with van der Waals surface area (Å²) in [5, 5.41) is 0.190. The Labute approximate surface area is 211 Å². The summed E-state index contributed by atoms with van der Waals surface area (Å²) in [6.45, 7) is -0.126. The molecule has 184 valence electrons. The molecule has 0 fully saturated rings. The maximum Gasteiger partial charge on any atom is 0.334 e. The van der Waals surface area contributed by atoms with Crippen LogP contribution in [0.3, 0.4) is 0 Å². The van der Waals surface area contributed by atoms with E-state index in [9.17, 15) is 14.0 Å². The Hall–Kier alpha value is -3.88. The smallest absolute Gasteiger partial charge is 0.334 e. The van der Waals surface area contributed by atoms with E-state index in [1.165, 1.54) is 17.7 Å². The van der Waals surface area contributed by atoms with Crippen molar-refractivity contribution in [1.29, 1.82) is 0 Å². The second kappa shape index (κ2) is 9.64. The summed E-state index contributed by atoms with van der Waals surface area (Å²) in [7, 11) is 1.47. The van der Waals surface area contributed by atoms with Gasteiger partial charge in [-0.2, -0.15) is 0 Å². The van der Waals surface area contributed by atoms with Crippen LogP contribution >= 0.6 is 11.6 Å². The summed E-state index contributed by atoms with van der Waals surface area (Å²) in [6.07, 6.45) is 0. The van der Waals surface area contributed by atoms with Gasteiger partial charge in [0.1, 0.15) is 29.8 Å². The molecule has 0 bridgehead atoms. The number of nitrogens with zero attached hydrogens (tertiary/aromatic N) is 2. The molecule has 9 heteroatoms. The van der Waals surface area contributed by atoms with Gasteiger partial charge in [0.15, 0.2) is 0 Å². The van der Waals surface area contributed by atoms with Gasteiger partial charge in [-0.1, -0.05) is 72.3 Å². The lowest BCUT2D eigenvalue weighted by Gasteiger charge is -2.19. The molecule has 2 unspecified atom stereocenters. The summed E-state index contributed by atoms with van der Waals surface area (Å²) in [6, 6.07) is 18.9. The Morgan fingerprint density at radius 2 is 1.81 bits per heavy atom. The lowest BCUT2D eigenvalue weighted by atomic mass is 10.1. The largest absolute Gasteiger partial charge is 0.495 e. The second-order valence-corrected chi connectivity index (χ2v) is 8.81. The van der Waals surface area contributed by atoms with Crippen LogP contribution in [-0.2, 0) is 6.54 Å². The third-order valence-electron chi connectivity index (χ3n) is 6.34. The van der Waals surface area contributed by atoms with Crippen LogP contribution in [-0.4, -0.2) is 22.9 Å². The maximum absolute atomic E-state index is 14.8. The van der Waals surface area contributed by atoms with E-state index in [0.717, 1.165) is 10.1 Å². The van der Waals surface area contributed by atoms with E-state index in [0.29, 0.717) is 11.3 Å². The summed E-state index contributed by atoms with van der Waals surface area (Å²) in [5.41, 5.74) is 6.60. The molecule has 1 aliphatic rings. The number of ether oxygens (including phenoxy) is 2. The molecular weight excluding hydrogens is 485 g/mol. The number of aromatic nitrogens is 2. The van der Waals surface area contributed by atoms with Crippen LogP contribution in [0.2, 0.25) is 5.02 Å². The molecule has 4 aromatic rings. The van der Waals surface area contributed by atoms with Crippen molar-refractivity contribution < 1.29 is 13.9 Å². The molecule has 1 aromatic heterocycles. The van der Waals surface area contributed by atoms with Gasteiger partial charge in [0.05, 0.1) is 18.7 Å². The number of hydrogen-bond acceptors (Lipinski definition) is 5. The Kier molecular flexibility index (Phi) is 6.38. The fourth-order valence-corrected chi connectivity index (χ4v) is 4.83. The molecule has 0 amide bonds. The number of methoxy groups -OCH3 is 1. The third kappa shape index (κ3) is 3.98. The Morgan fingerprint density at radius 1 is 1.08 bits per heavy atom. The highest BCUT2D eigenvalue weighted by Crippen LogP contribution is 2.41. The number of halogens is 2. The monoisotopic (exact) mass is 507 g/mol. The standard InChI is InChI=1S/C27H23ClFN3O4/c1-35-22-13-7-11-18(24(22)28)23-25(33)31(14-20(30)16-8-3-2-4-9-16)27(34)32-21(15-36-26(23)32)17-10-5-6-12-19(17)29/h2-13,20-21H,14-15,30H2,1H3. The molecule has 0 radical (unpaired) electrons. The van der Waals surface area contributed by atoms with Gasteiger partial charge in [-0.15, -0.1) is 0 Å². The van der Waals surface area contributed by atoms with Gasteiger partial charge in [-0.05, 0) is 17.7 Å². The molecule has 2 heterocycles. The van der Waals surface area contributed by atoms with Crippen molar-refractivity contribution in [2.45, 2.75) is 18.6 Å². The maximum atomic E-state index is 14.8. The van der Waals surface area contributed by atoms with Gasteiger partial charge in [-0.3, -0.25) is 13.9 Å². The van der Waals surface area contributed by atoms with E-state index in [4.69, 9.17) is 26.8 Å². The number of benzene rings is 3. The van der Waals surface area contributed by atoms with Crippen molar-refractivity contribution in [3.8, 4) is 22.8 Å². The molecule has 0 spiro atoms. The molecule has 5 rings (SSSR count). The van der Waals surface area contributed by atoms with Gasteiger partial charge in [0, 0.05) is 17.2 Å². The Balaban J connectivity index is 1.77. The van der Waals surface area contributed by atoms with Crippen LogP contribution in [0.1, 0.15) is 23.2 Å². The van der Waals surface area contributed by atoms with Crippen molar-refractivity contribution in [3.63, 3.8) is 0 Å². The van der Waals surface area contributed by atoms with Crippen LogP contribution in [0.5, 0.6) is 11.6 Å². The SMILES string of the molecule is COc1cccc(-c2c3n(c(=O)n(CC(N)c4ccccc4)c2=O)C(c2ccccc2F)CO3)c1Cl. The number of nitrogens with two attached hydrogens (primary N) is 1. The summed E-state index contributed by atoms with van der Waals surface area (Å²) in [4.78, 5) is 27.6. The van der Waals surface area contributed by atoms with E-state index in [1.807, 2.05) is 30.3 Å². The molecule has 0 saturated heterocycles. The van der Waals surface area contributed by atoms with E-state index in [2.05, 4.69) is 0 Å². The van der Waals surface area contributed by atoms with Gasteiger partial charge in [-0.25, -0.2) is 9.18 Å². The van der Waals surface area contributed by atoms with E-state index >= 15 is 0 Å². The highest BCUT2D eigenvalue weighted by Gasteiger charge is 2.35. The third-order valence-corrected chi connectivity index (χ3v) is 6.73. The Morgan fingerprint density at radius 3 is 2.53 bits per heavy atom. The molecule has 0 aliphatic carbocycles. The normalized spacial score (nSPS) is 15.3. The number of fused-ring (bicyclic) bond motifs is 1. The fraction of sp³-hybridized carbons (Fsp3) is 0.185. The summed E-state index contributed by atoms with van der Waals surface area (Å²) >= 11 is 6.59. The highest BCUT2D eigenvalue weighted by atomic mass is 35.5. The van der Waals surface area contributed by atoms with Crippen molar-refractivity contribution in [2.24, 2.45) is 5.73 Å². The second-order valence-electron chi connectivity index (χ2n) is 8.44. The van der Waals surface area contributed by atoms with Crippen molar-refractivity contribution >= 4 is 11.6 Å². The lowest BCUT2D eigenvalue weighted by Crippen LogP contribution is -2.43. The molecular formula is C27H23ClFN3O4. The topological polar surface area (TPSA) is 88.5 Å². The molecule has 0 saturated carbocycles. The van der Waals surface area contributed by atoms with Crippen molar-refractivity contribution in [2.75, 3.05) is 13.7 Å². The first kappa shape index (κ1) is 23.8. The predicted molar refractivity (Wildman–Crippen MR) is 135 cm³/mol. The van der Waals surface area contributed by atoms with E-state index < -0.39 is 29.1 Å². The van der Waals surface area contributed by atoms with Gasteiger partial charge >= 0.3 is 5.69 Å². The molecule has 7 nitrogen and oxygen atoms in total. The number of hydrogen-bond donors (Lipinski definition) is 1. The summed E-state index contributed by atoms with van der Waals surface area (Å²) in [5.74, 6) is -0.0989. The van der Waals surface area contributed by atoms with Gasteiger partial charge < -0.3 is 15.2 Å². The molecule has 2 atom stereocenters. The molecule has 3 aromatic carbocycles. The van der Waals surface area contributed by atoms with Gasteiger partial charge in [0.2, 0.25) is 5.88 Å². The molecule has 1 aliphatic heterocycles. The minimum atomic E-state index is -0.781. The van der Waals surface area contributed by atoms with Crippen LogP contribution in [0.25, 0.3) is 11.1 Å². The lowest BCUT2D eigenvalue weighted by molar-refractivity contribution is 0.340. The van der Waals surface area contributed by atoms with Crippen LogP contribution < -0.4 is 26.5 Å². The first-order valence-electron chi connectivity index (χ1n) is 11.3. The summed E-state index contributed by atoms with van der Waals surface area (Å²) < 4.78 is 28.4. The van der Waals surface area contributed by atoms with Crippen LogP contribution in [0.15, 0.2) is 82.4 Å².